The van der Waals surface area contributed by atoms with E-state index >= 15 is 0 Å². The number of allylic oxidation sites excluding steroid dienone is 4. The summed E-state index contributed by atoms with van der Waals surface area (Å²) in [5.41, 5.74) is 4.09. The lowest BCUT2D eigenvalue weighted by molar-refractivity contribution is 0.0972. The third-order valence-electron chi connectivity index (χ3n) is 6.63. The monoisotopic (exact) mass is 459 g/mol. The molecule has 3 aromatic carbocycles. The number of thioether (sulfide) groups is 1. The summed E-state index contributed by atoms with van der Waals surface area (Å²) in [7, 11) is 0. The Hall–Kier alpha value is -4.16. The van der Waals surface area contributed by atoms with Gasteiger partial charge in [-0.05, 0) is 12.1 Å². The molecule has 1 aliphatic heterocycles. The van der Waals surface area contributed by atoms with Crippen molar-refractivity contribution in [2.75, 3.05) is 0 Å². The van der Waals surface area contributed by atoms with Crippen molar-refractivity contribution in [1.29, 1.82) is 0 Å². The second-order valence-electron chi connectivity index (χ2n) is 8.43. The molecule has 34 heavy (non-hydrogen) atoms. The van der Waals surface area contributed by atoms with Crippen molar-refractivity contribution in [2.24, 2.45) is 4.99 Å². The van der Waals surface area contributed by atoms with E-state index in [1.807, 2.05) is 0 Å². The summed E-state index contributed by atoms with van der Waals surface area (Å²) in [6, 6.07) is 17.1. The molecule has 0 radical (unpaired) electrons. The third-order valence-corrected chi connectivity index (χ3v) is 7.83. The minimum atomic E-state index is -0.229. The lowest BCUT2D eigenvalue weighted by atomic mass is 9.78. The molecule has 0 saturated heterocycles. The molecule has 0 aromatic heterocycles. The number of carbonyl (C=O) groups excluding carboxylic acids is 4. The summed E-state index contributed by atoms with van der Waals surface area (Å²) in [6.07, 6.45) is 2.11. The number of benzene rings is 3. The number of carbonyl (C=O) groups is 4. The van der Waals surface area contributed by atoms with Gasteiger partial charge < -0.3 is 0 Å². The number of ketones is 4. The Bertz CT molecular complexity index is 1670. The summed E-state index contributed by atoms with van der Waals surface area (Å²) < 4.78 is 0. The number of nitrogens with zero attached hydrogens (tertiary/aromatic N) is 1. The van der Waals surface area contributed by atoms with Crippen LogP contribution >= 0.6 is 11.8 Å². The average molecular weight is 459 g/mol. The van der Waals surface area contributed by atoms with Gasteiger partial charge in [-0.25, -0.2) is 4.99 Å². The van der Waals surface area contributed by atoms with Crippen LogP contribution in [0.4, 0.5) is 5.69 Å². The van der Waals surface area contributed by atoms with Crippen LogP contribution in [-0.2, 0) is 0 Å². The zero-order valence-electron chi connectivity index (χ0n) is 17.5. The highest BCUT2D eigenvalue weighted by Gasteiger charge is 2.40. The van der Waals surface area contributed by atoms with Gasteiger partial charge in [-0.15, -0.1) is 0 Å². The predicted octanol–water partition coefficient (Wildman–Crippen LogP) is 5.30. The number of aliphatic imine (C=N–C) groups is 1. The summed E-state index contributed by atoms with van der Waals surface area (Å²) in [4.78, 5) is 59.2. The molecule has 5 nitrogen and oxygen atoms in total. The molecular weight excluding hydrogens is 446 g/mol. The molecule has 4 aliphatic rings. The van der Waals surface area contributed by atoms with Gasteiger partial charge in [0.05, 0.1) is 17.0 Å². The molecule has 1 heterocycles. The zero-order chi connectivity index (χ0) is 23.1. The highest BCUT2D eigenvalue weighted by atomic mass is 32.2. The topological polar surface area (TPSA) is 80.6 Å². The average Bonchev–Trinajstić information content (AvgIpc) is 2.88. The van der Waals surface area contributed by atoms with Crippen LogP contribution in [0.2, 0.25) is 0 Å². The van der Waals surface area contributed by atoms with Gasteiger partial charge in [0.25, 0.3) is 0 Å². The van der Waals surface area contributed by atoms with Gasteiger partial charge in [0.1, 0.15) is 0 Å². The van der Waals surface area contributed by atoms with E-state index in [0.29, 0.717) is 72.1 Å². The van der Waals surface area contributed by atoms with E-state index in [0.717, 1.165) is 0 Å². The van der Waals surface area contributed by atoms with Gasteiger partial charge >= 0.3 is 0 Å². The highest BCUT2D eigenvalue weighted by molar-refractivity contribution is 8.04. The smallest absolute Gasteiger partial charge is 0.196 e. The molecule has 0 amide bonds. The molecule has 0 bridgehead atoms. The van der Waals surface area contributed by atoms with Gasteiger partial charge in [-0.3, -0.25) is 19.2 Å². The number of rotatable bonds is 0. The number of Topliss-reactive ketones (excluding diaryl/α,β-unsaturated/α-hetero) is 2. The van der Waals surface area contributed by atoms with Crippen LogP contribution in [0.1, 0.15) is 59.0 Å². The van der Waals surface area contributed by atoms with Crippen molar-refractivity contribution >= 4 is 46.3 Å². The van der Waals surface area contributed by atoms with Crippen LogP contribution in [0.25, 0.3) is 0 Å². The molecule has 0 fully saturated rings. The van der Waals surface area contributed by atoms with E-state index in [1.54, 1.807) is 66.7 Å². The fraction of sp³-hybridized carbons (Fsp3) is 0.0357. The summed E-state index contributed by atoms with van der Waals surface area (Å²) in [5, 5.41) is 0. The van der Waals surface area contributed by atoms with Crippen LogP contribution < -0.4 is 0 Å². The first kappa shape index (κ1) is 19.3. The van der Waals surface area contributed by atoms with Crippen molar-refractivity contribution in [3.63, 3.8) is 0 Å². The second kappa shape index (κ2) is 6.68. The Morgan fingerprint density at radius 2 is 1.26 bits per heavy atom. The van der Waals surface area contributed by atoms with Gasteiger partial charge in [-0.2, -0.15) is 0 Å². The van der Waals surface area contributed by atoms with Crippen molar-refractivity contribution in [3.8, 4) is 0 Å². The van der Waals surface area contributed by atoms with Gasteiger partial charge in [0.2, 0.25) is 0 Å². The van der Waals surface area contributed by atoms with Crippen LogP contribution in [-0.4, -0.2) is 28.8 Å². The predicted molar refractivity (Wildman–Crippen MR) is 128 cm³/mol. The molecule has 0 atom stereocenters. The van der Waals surface area contributed by atoms with Crippen molar-refractivity contribution in [1.82, 2.24) is 0 Å². The van der Waals surface area contributed by atoms with E-state index < -0.39 is 0 Å². The van der Waals surface area contributed by atoms with Gasteiger partial charge in [0, 0.05) is 55.2 Å². The van der Waals surface area contributed by atoms with E-state index in [-0.39, 0.29) is 23.1 Å². The van der Waals surface area contributed by atoms with Gasteiger partial charge in [0.15, 0.2) is 23.1 Å². The molecule has 0 spiro atoms. The van der Waals surface area contributed by atoms with Crippen LogP contribution in [0.5, 0.6) is 0 Å². The Balaban J connectivity index is 1.43. The highest BCUT2D eigenvalue weighted by Crippen LogP contribution is 2.50. The largest absolute Gasteiger partial charge is 0.289 e. The van der Waals surface area contributed by atoms with Crippen molar-refractivity contribution in [3.05, 3.63) is 116 Å². The zero-order valence-corrected chi connectivity index (χ0v) is 18.4. The maximum atomic E-state index is 13.4. The summed E-state index contributed by atoms with van der Waals surface area (Å²) >= 11 is 1.34. The number of hydrogen-bond acceptors (Lipinski definition) is 6. The standard InChI is InChI=1S/C28H13NO4S/c30-24-13-5-1-3-7-15(13)26(32)21-17(24)10-12-20-23(21)29-19-11-9-18-22(28(19)34-20)27(33)16-8-4-2-6-14(16)25(18)31/h1-10,12H,11H2. The maximum absolute atomic E-state index is 13.4. The molecule has 160 valence electrons. The van der Waals surface area contributed by atoms with Crippen LogP contribution in [0, 0.1) is 0 Å². The van der Waals surface area contributed by atoms with E-state index in [4.69, 9.17) is 4.99 Å². The van der Waals surface area contributed by atoms with Crippen molar-refractivity contribution in [2.45, 2.75) is 11.3 Å². The molecule has 3 aliphatic carbocycles. The summed E-state index contributed by atoms with van der Waals surface area (Å²) in [5.74, 6) is -0.783. The normalized spacial score (nSPS) is 17.6. The number of hydrogen-bond donors (Lipinski definition) is 0. The second-order valence-corrected chi connectivity index (χ2v) is 9.48. The van der Waals surface area contributed by atoms with Crippen LogP contribution in [0.15, 0.2) is 92.7 Å². The fourth-order valence-electron chi connectivity index (χ4n) is 5.05. The Labute approximate surface area is 197 Å². The third kappa shape index (κ3) is 2.38. The SMILES string of the molecule is O=C1C2=CCC3=Nc4c(ccc5c4C(=O)c4ccccc4C5=O)SC3=C2C(=O)c2ccccc21. The minimum Gasteiger partial charge on any atom is -0.289 e. The van der Waals surface area contributed by atoms with Crippen molar-refractivity contribution < 1.29 is 19.2 Å². The van der Waals surface area contributed by atoms with Gasteiger partial charge in [-0.1, -0.05) is 66.4 Å². The fourth-order valence-corrected chi connectivity index (χ4v) is 6.20. The summed E-state index contributed by atoms with van der Waals surface area (Å²) in [6.45, 7) is 0. The Kier molecular flexibility index (Phi) is 3.80. The quantitative estimate of drug-likeness (QED) is 0.356. The molecular formula is C28H13NO4S. The van der Waals surface area contributed by atoms with Crippen LogP contribution in [0.3, 0.4) is 0 Å². The van der Waals surface area contributed by atoms with E-state index in [9.17, 15) is 19.2 Å². The Morgan fingerprint density at radius 3 is 1.97 bits per heavy atom. The lowest BCUT2D eigenvalue weighted by Crippen LogP contribution is -2.28. The van der Waals surface area contributed by atoms with E-state index in [2.05, 4.69) is 0 Å². The molecule has 0 saturated carbocycles. The maximum Gasteiger partial charge on any atom is 0.196 e. The Morgan fingerprint density at radius 1 is 0.647 bits per heavy atom. The first-order chi connectivity index (χ1) is 16.5. The first-order valence-electron chi connectivity index (χ1n) is 10.8. The van der Waals surface area contributed by atoms with E-state index in [1.165, 1.54) is 11.8 Å². The minimum absolute atomic E-state index is 0.161. The lowest BCUT2D eigenvalue weighted by Gasteiger charge is -2.29. The number of fused-ring (bicyclic) bond motifs is 7. The molecule has 7 rings (SSSR count). The first-order valence-corrected chi connectivity index (χ1v) is 11.6. The molecule has 6 heteroatoms. The molecule has 3 aromatic rings. The molecule has 0 unspecified atom stereocenters. The molecule has 0 N–H and O–H groups in total.